The maximum absolute atomic E-state index is 5.98. The maximum atomic E-state index is 5.98. The molecule has 0 bridgehead atoms. The van der Waals surface area contributed by atoms with Gasteiger partial charge >= 0.3 is 0 Å². The third kappa shape index (κ3) is 3.16. The van der Waals surface area contributed by atoms with Crippen LogP contribution in [-0.2, 0) is 14.2 Å². The molecule has 2 rings (SSSR count). The molecule has 2 unspecified atom stereocenters. The van der Waals surface area contributed by atoms with Gasteiger partial charge in [-0.3, -0.25) is 0 Å². The molecular formula is C11H19BrO3. The van der Waals surface area contributed by atoms with E-state index in [-0.39, 0.29) is 6.10 Å². The molecule has 2 fully saturated rings. The Morgan fingerprint density at radius 2 is 1.87 bits per heavy atom. The Hall–Kier alpha value is 0.360. The summed E-state index contributed by atoms with van der Waals surface area (Å²) in [4.78, 5) is 0. The monoisotopic (exact) mass is 278 g/mol. The van der Waals surface area contributed by atoms with Crippen molar-refractivity contribution in [3.05, 3.63) is 0 Å². The van der Waals surface area contributed by atoms with E-state index in [0.717, 1.165) is 50.6 Å². The molecule has 0 saturated carbocycles. The van der Waals surface area contributed by atoms with Crippen LogP contribution >= 0.6 is 15.9 Å². The second-order valence-corrected chi connectivity index (χ2v) is 4.87. The molecule has 0 aliphatic carbocycles. The molecule has 2 heterocycles. The van der Waals surface area contributed by atoms with Crippen molar-refractivity contribution < 1.29 is 14.2 Å². The van der Waals surface area contributed by atoms with E-state index >= 15 is 0 Å². The average Bonchev–Trinajstić information content (AvgIpc) is 2.60. The summed E-state index contributed by atoms with van der Waals surface area (Å²) in [5, 5.41) is 0.863. The molecule has 2 aliphatic heterocycles. The zero-order valence-corrected chi connectivity index (χ0v) is 10.6. The minimum atomic E-state index is -0.731. The Kier molecular flexibility index (Phi) is 4.43. The molecular weight excluding hydrogens is 260 g/mol. The first-order chi connectivity index (χ1) is 7.35. The van der Waals surface area contributed by atoms with Gasteiger partial charge in [0.05, 0.1) is 19.3 Å². The van der Waals surface area contributed by atoms with Crippen LogP contribution in [0.15, 0.2) is 0 Å². The Labute approximate surface area is 99.6 Å². The first-order valence-corrected chi connectivity index (χ1v) is 6.98. The quantitative estimate of drug-likeness (QED) is 0.691. The second-order valence-electron chi connectivity index (χ2n) is 4.23. The van der Waals surface area contributed by atoms with Gasteiger partial charge in [0, 0.05) is 11.8 Å². The zero-order valence-electron chi connectivity index (χ0n) is 9.04. The summed E-state index contributed by atoms with van der Waals surface area (Å²) in [5.41, 5.74) is 0. The molecule has 2 saturated heterocycles. The highest BCUT2D eigenvalue weighted by molar-refractivity contribution is 9.09. The first kappa shape index (κ1) is 11.8. The molecule has 0 amide bonds. The molecule has 0 radical (unpaired) electrons. The van der Waals surface area contributed by atoms with Gasteiger partial charge in [0.25, 0.3) is 5.97 Å². The minimum absolute atomic E-state index is 0.227. The SMILES string of the molecule is BrCC1CCCOC2(CCCCCO2)O1. The average molecular weight is 279 g/mol. The van der Waals surface area contributed by atoms with Gasteiger partial charge in [-0.25, -0.2) is 0 Å². The maximum Gasteiger partial charge on any atom is 0.283 e. The lowest BCUT2D eigenvalue weighted by Crippen LogP contribution is -2.40. The van der Waals surface area contributed by atoms with E-state index in [4.69, 9.17) is 14.2 Å². The van der Waals surface area contributed by atoms with E-state index in [9.17, 15) is 0 Å². The fourth-order valence-electron chi connectivity index (χ4n) is 2.12. The highest BCUT2D eigenvalue weighted by Gasteiger charge is 2.38. The fraction of sp³-hybridized carbons (Fsp3) is 1.00. The van der Waals surface area contributed by atoms with Crippen molar-refractivity contribution in [2.24, 2.45) is 0 Å². The topological polar surface area (TPSA) is 27.7 Å². The number of alkyl halides is 1. The number of ether oxygens (including phenoxy) is 3. The van der Waals surface area contributed by atoms with Crippen LogP contribution in [0.5, 0.6) is 0 Å². The third-order valence-corrected chi connectivity index (χ3v) is 3.68. The van der Waals surface area contributed by atoms with Gasteiger partial charge in [0.15, 0.2) is 0 Å². The van der Waals surface area contributed by atoms with Crippen LogP contribution in [0.2, 0.25) is 0 Å². The summed E-state index contributed by atoms with van der Waals surface area (Å²) >= 11 is 3.48. The summed E-state index contributed by atoms with van der Waals surface area (Å²) in [6.07, 6.45) is 6.68. The number of hydrogen-bond donors (Lipinski definition) is 0. The molecule has 0 N–H and O–H groups in total. The summed E-state index contributed by atoms with van der Waals surface area (Å²) in [6.45, 7) is 1.51. The molecule has 0 aromatic heterocycles. The van der Waals surface area contributed by atoms with Crippen LogP contribution in [0.4, 0.5) is 0 Å². The predicted molar refractivity (Wildman–Crippen MR) is 61.0 cm³/mol. The van der Waals surface area contributed by atoms with E-state index in [1.165, 1.54) is 6.42 Å². The Morgan fingerprint density at radius 3 is 2.67 bits per heavy atom. The minimum Gasteiger partial charge on any atom is -0.327 e. The van der Waals surface area contributed by atoms with Crippen molar-refractivity contribution in [3.8, 4) is 0 Å². The summed E-state index contributed by atoms with van der Waals surface area (Å²) in [5.74, 6) is -0.731. The molecule has 0 aromatic carbocycles. The van der Waals surface area contributed by atoms with Crippen LogP contribution in [0.1, 0.15) is 38.5 Å². The molecule has 1 spiro atoms. The lowest BCUT2D eigenvalue weighted by Gasteiger charge is -2.32. The summed E-state index contributed by atoms with van der Waals surface area (Å²) in [6, 6.07) is 0. The highest BCUT2D eigenvalue weighted by atomic mass is 79.9. The van der Waals surface area contributed by atoms with E-state index in [1.807, 2.05) is 0 Å². The fourth-order valence-corrected chi connectivity index (χ4v) is 2.58. The molecule has 2 aliphatic rings. The van der Waals surface area contributed by atoms with Gasteiger partial charge in [-0.05, 0) is 25.7 Å². The van der Waals surface area contributed by atoms with Crippen molar-refractivity contribution in [3.63, 3.8) is 0 Å². The lowest BCUT2D eigenvalue weighted by molar-refractivity contribution is -0.383. The summed E-state index contributed by atoms with van der Waals surface area (Å²) < 4.78 is 17.5. The summed E-state index contributed by atoms with van der Waals surface area (Å²) in [7, 11) is 0. The predicted octanol–water partition coefficient (Wildman–Crippen LogP) is 2.82. The van der Waals surface area contributed by atoms with Crippen LogP contribution in [-0.4, -0.2) is 30.6 Å². The van der Waals surface area contributed by atoms with Gasteiger partial charge in [-0.1, -0.05) is 22.4 Å². The molecule has 0 aromatic rings. The van der Waals surface area contributed by atoms with Gasteiger partial charge in [-0.2, -0.15) is 0 Å². The van der Waals surface area contributed by atoms with Gasteiger partial charge in [-0.15, -0.1) is 0 Å². The lowest BCUT2D eigenvalue weighted by atomic mass is 10.2. The van der Waals surface area contributed by atoms with Gasteiger partial charge in [0.1, 0.15) is 0 Å². The number of hydrogen-bond acceptors (Lipinski definition) is 3. The van der Waals surface area contributed by atoms with E-state index in [0.29, 0.717) is 0 Å². The Balaban J connectivity index is 2.01. The normalized spacial score (nSPS) is 38.6. The van der Waals surface area contributed by atoms with E-state index in [2.05, 4.69) is 15.9 Å². The van der Waals surface area contributed by atoms with Gasteiger partial charge < -0.3 is 14.2 Å². The van der Waals surface area contributed by atoms with Crippen molar-refractivity contribution in [2.75, 3.05) is 18.5 Å². The zero-order chi connectivity index (χ0) is 10.6. The van der Waals surface area contributed by atoms with Crippen LogP contribution < -0.4 is 0 Å². The van der Waals surface area contributed by atoms with E-state index < -0.39 is 5.97 Å². The number of halogens is 1. The smallest absolute Gasteiger partial charge is 0.283 e. The third-order valence-electron chi connectivity index (χ3n) is 2.96. The standard InChI is InChI=1S/C11H19BrO3/c12-9-10-5-4-8-14-11(15-10)6-2-1-3-7-13-11/h10H,1-9H2. The van der Waals surface area contributed by atoms with Crippen molar-refractivity contribution in [2.45, 2.75) is 50.6 Å². The molecule has 4 heteroatoms. The largest absolute Gasteiger partial charge is 0.327 e. The Morgan fingerprint density at radius 1 is 1.07 bits per heavy atom. The van der Waals surface area contributed by atoms with Crippen molar-refractivity contribution >= 4 is 15.9 Å². The van der Waals surface area contributed by atoms with E-state index in [1.54, 1.807) is 0 Å². The number of rotatable bonds is 1. The second kappa shape index (κ2) is 5.62. The molecule has 3 nitrogen and oxygen atoms in total. The van der Waals surface area contributed by atoms with Crippen LogP contribution in [0.25, 0.3) is 0 Å². The molecule has 15 heavy (non-hydrogen) atoms. The van der Waals surface area contributed by atoms with Crippen molar-refractivity contribution in [1.82, 2.24) is 0 Å². The molecule has 2 atom stereocenters. The van der Waals surface area contributed by atoms with Crippen LogP contribution in [0, 0.1) is 0 Å². The highest BCUT2D eigenvalue weighted by Crippen LogP contribution is 2.32. The molecule has 88 valence electrons. The van der Waals surface area contributed by atoms with Gasteiger partial charge in [0.2, 0.25) is 0 Å². The Bertz CT molecular complexity index is 185. The first-order valence-electron chi connectivity index (χ1n) is 5.86. The van der Waals surface area contributed by atoms with Crippen LogP contribution in [0.3, 0.4) is 0 Å². The van der Waals surface area contributed by atoms with Crippen molar-refractivity contribution in [1.29, 1.82) is 0 Å².